The fourth-order valence-corrected chi connectivity index (χ4v) is 1.81. The molecule has 2 aliphatic rings. The first kappa shape index (κ1) is 6.89. The van der Waals surface area contributed by atoms with Gasteiger partial charge in [-0.05, 0) is 25.3 Å². The Morgan fingerprint density at radius 2 is 2.27 bits per heavy atom. The van der Waals surface area contributed by atoms with Crippen LogP contribution in [0, 0.1) is 0 Å². The van der Waals surface area contributed by atoms with Gasteiger partial charge in [-0.3, -0.25) is 0 Å². The summed E-state index contributed by atoms with van der Waals surface area (Å²) in [6.45, 7) is 3.64. The van der Waals surface area contributed by atoms with E-state index in [1.165, 1.54) is 25.7 Å². The average Bonchev–Trinajstić information content (AvgIpc) is 2.46. The highest BCUT2D eigenvalue weighted by atomic mass is 16.5. The van der Waals surface area contributed by atoms with Crippen molar-refractivity contribution in [3.8, 4) is 0 Å². The van der Waals surface area contributed by atoms with Crippen LogP contribution in [0.4, 0.5) is 0 Å². The third kappa shape index (κ3) is 1.17. The minimum Gasteiger partial charge on any atom is -0.472 e. The van der Waals surface area contributed by atoms with Crippen LogP contribution in [0.3, 0.4) is 0 Å². The Morgan fingerprint density at radius 1 is 1.45 bits per heavy atom. The van der Waals surface area contributed by atoms with Gasteiger partial charge in [-0.1, -0.05) is 13.0 Å². The first-order valence-electron chi connectivity index (χ1n) is 4.27. The van der Waals surface area contributed by atoms with E-state index in [1.54, 1.807) is 6.08 Å². The molecule has 0 radical (unpaired) electrons. The Morgan fingerprint density at radius 3 is 3.00 bits per heavy atom. The number of nitrogens with zero attached hydrogens (tertiary/aromatic N) is 1. The van der Waals surface area contributed by atoms with E-state index in [-0.39, 0.29) is 0 Å². The Labute approximate surface area is 67.0 Å². The molecule has 1 aliphatic carbocycles. The van der Waals surface area contributed by atoms with Crippen molar-refractivity contribution < 1.29 is 4.74 Å². The molecule has 2 atom stereocenters. The van der Waals surface area contributed by atoms with Gasteiger partial charge in [0.05, 0.1) is 6.04 Å². The van der Waals surface area contributed by atoms with Crippen LogP contribution in [-0.4, -0.2) is 18.0 Å². The van der Waals surface area contributed by atoms with E-state index in [4.69, 9.17) is 4.74 Å². The van der Waals surface area contributed by atoms with Gasteiger partial charge in [0.15, 0.2) is 0 Å². The van der Waals surface area contributed by atoms with E-state index in [2.05, 4.69) is 11.6 Å². The van der Waals surface area contributed by atoms with Crippen molar-refractivity contribution in [2.75, 3.05) is 0 Å². The molecule has 1 saturated carbocycles. The molecule has 0 amide bonds. The smallest absolute Gasteiger partial charge is 0.208 e. The van der Waals surface area contributed by atoms with Gasteiger partial charge in [0.1, 0.15) is 6.10 Å². The zero-order chi connectivity index (χ0) is 7.68. The maximum absolute atomic E-state index is 5.55. The van der Waals surface area contributed by atoms with Crippen molar-refractivity contribution >= 4 is 5.90 Å². The molecule has 0 N–H and O–H groups in total. The lowest BCUT2D eigenvalue weighted by atomic mass is 9.94. The summed E-state index contributed by atoms with van der Waals surface area (Å²) in [6.07, 6.45) is 7.04. The second-order valence-electron chi connectivity index (χ2n) is 3.18. The molecule has 1 aliphatic heterocycles. The van der Waals surface area contributed by atoms with Crippen molar-refractivity contribution in [2.45, 2.75) is 37.8 Å². The fourth-order valence-electron chi connectivity index (χ4n) is 1.81. The average molecular weight is 151 g/mol. The predicted octanol–water partition coefficient (Wildman–Crippen LogP) is 1.91. The monoisotopic (exact) mass is 151 g/mol. The van der Waals surface area contributed by atoms with Gasteiger partial charge in [0.25, 0.3) is 0 Å². The molecule has 2 nitrogen and oxygen atoms in total. The van der Waals surface area contributed by atoms with Crippen LogP contribution >= 0.6 is 0 Å². The zero-order valence-electron chi connectivity index (χ0n) is 6.62. The van der Waals surface area contributed by atoms with E-state index in [0.717, 1.165) is 5.90 Å². The molecule has 2 rings (SSSR count). The lowest BCUT2D eigenvalue weighted by Crippen LogP contribution is -2.25. The fraction of sp³-hybridized carbons (Fsp3) is 0.667. The highest BCUT2D eigenvalue weighted by molar-refractivity contribution is 5.88. The molecule has 1 heterocycles. The molecule has 11 heavy (non-hydrogen) atoms. The Bertz CT molecular complexity index is 198. The number of hydrogen-bond acceptors (Lipinski definition) is 2. The third-order valence-corrected chi connectivity index (χ3v) is 2.41. The normalized spacial score (nSPS) is 35.5. The SMILES string of the molecule is C=CC1=NC2CCCCC2O1. The summed E-state index contributed by atoms with van der Waals surface area (Å²) in [7, 11) is 0. The van der Waals surface area contributed by atoms with E-state index < -0.39 is 0 Å². The summed E-state index contributed by atoms with van der Waals surface area (Å²) in [6, 6.07) is 0.441. The van der Waals surface area contributed by atoms with Crippen LogP contribution in [0.1, 0.15) is 25.7 Å². The van der Waals surface area contributed by atoms with Gasteiger partial charge in [-0.2, -0.15) is 0 Å². The number of hydrogen-bond donors (Lipinski definition) is 0. The Balaban J connectivity index is 2.07. The van der Waals surface area contributed by atoms with Crippen molar-refractivity contribution in [3.05, 3.63) is 12.7 Å². The predicted molar refractivity (Wildman–Crippen MR) is 44.8 cm³/mol. The van der Waals surface area contributed by atoms with E-state index in [1.807, 2.05) is 0 Å². The molecule has 1 fully saturated rings. The first-order valence-corrected chi connectivity index (χ1v) is 4.27. The van der Waals surface area contributed by atoms with E-state index in [9.17, 15) is 0 Å². The van der Waals surface area contributed by atoms with Gasteiger partial charge in [-0.25, -0.2) is 4.99 Å². The number of fused-ring (bicyclic) bond motifs is 1. The van der Waals surface area contributed by atoms with Crippen LogP contribution in [0.5, 0.6) is 0 Å². The summed E-state index contributed by atoms with van der Waals surface area (Å²) in [5.74, 6) is 0.752. The number of aliphatic imine (C=N–C) groups is 1. The first-order chi connectivity index (χ1) is 5.40. The molecule has 0 bridgehead atoms. The summed E-state index contributed by atoms with van der Waals surface area (Å²) in [5, 5.41) is 0. The molecule has 60 valence electrons. The zero-order valence-corrected chi connectivity index (χ0v) is 6.62. The molecular formula is C9H13NO. The van der Waals surface area contributed by atoms with Crippen LogP contribution in [-0.2, 0) is 4.74 Å². The molecule has 0 aromatic rings. The molecule has 0 aromatic heterocycles. The number of ether oxygens (including phenoxy) is 1. The van der Waals surface area contributed by atoms with Gasteiger partial charge in [-0.15, -0.1) is 0 Å². The molecule has 0 spiro atoms. The number of rotatable bonds is 1. The van der Waals surface area contributed by atoms with E-state index in [0.29, 0.717) is 12.1 Å². The largest absolute Gasteiger partial charge is 0.472 e. The quantitative estimate of drug-likeness (QED) is 0.561. The summed E-state index contributed by atoms with van der Waals surface area (Å²) in [5.41, 5.74) is 0. The summed E-state index contributed by atoms with van der Waals surface area (Å²) < 4.78 is 5.55. The third-order valence-electron chi connectivity index (χ3n) is 2.41. The molecule has 2 heteroatoms. The van der Waals surface area contributed by atoms with Gasteiger partial charge in [0, 0.05) is 0 Å². The van der Waals surface area contributed by atoms with Crippen molar-refractivity contribution in [1.29, 1.82) is 0 Å². The highest BCUT2D eigenvalue weighted by Gasteiger charge is 2.31. The van der Waals surface area contributed by atoms with Gasteiger partial charge in [0.2, 0.25) is 5.90 Å². The van der Waals surface area contributed by atoms with Gasteiger partial charge >= 0.3 is 0 Å². The lowest BCUT2D eigenvalue weighted by Gasteiger charge is -2.21. The van der Waals surface area contributed by atoms with E-state index >= 15 is 0 Å². The second kappa shape index (κ2) is 2.68. The van der Waals surface area contributed by atoms with Crippen molar-refractivity contribution in [3.63, 3.8) is 0 Å². The molecule has 0 aromatic carbocycles. The molecule has 0 saturated heterocycles. The Kier molecular flexibility index (Phi) is 1.68. The topological polar surface area (TPSA) is 21.6 Å². The van der Waals surface area contributed by atoms with Crippen LogP contribution in [0.2, 0.25) is 0 Å². The highest BCUT2D eigenvalue weighted by Crippen LogP contribution is 2.28. The van der Waals surface area contributed by atoms with Crippen molar-refractivity contribution in [2.24, 2.45) is 4.99 Å². The maximum atomic E-state index is 5.55. The second-order valence-corrected chi connectivity index (χ2v) is 3.18. The molecule has 2 unspecified atom stereocenters. The summed E-state index contributed by atoms with van der Waals surface area (Å²) in [4.78, 5) is 4.40. The lowest BCUT2D eigenvalue weighted by molar-refractivity contribution is 0.153. The molecular weight excluding hydrogens is 138 g/mol. The van der Waals surface area contributed by atoms with Crippen LogP contribution < -0.4 is 0 Å². The van der Waals surface area contributed by atoms with Crippen molar-refractivity contribution in [1.82, 2.24) is 0 Å². The minimum atomic E-state index is 0.372. The summed E-state index contributed by atoms with van der Waals surface area (Å²) >= 11 is 0. The van der Waals surface area contributed by atoms with Crippen LogP contribution in [0.25, 0.3) is 0 Å². The van der Waals surface area contributed by atoms with Gasteiger partial charge < -0.3 is 4.74 Å². The standard InChI is InChI=1S/C9H13NO/c1-2-9-10-7-5-3-4-6-8(7)11-9/h2,7-8H,1,3-6H2. The minimum absolute atomic E-state index is 0.372. The maximum Gasteiger partial charge on any atom is 0.208 e. The Hall–Kier alpha value is -0.790. The van der Waals surface area contributed by atoms with Crippen LogP contribution in [0.15, 0.2) is 17.6 Å².